The minimum atomic E-state index is 0. The summed E-state index contributed by atoms with van der Waals surface area (Å²) in [5.74, 6) is 0. The van der Waals surface area contributed by atoms with Crippen LogP contribution < -0.4 is 0 Å². The molecule has 4 nitrogen and oxygen atoms in total. The SMILES string of the molecule is Clc1ccccn1.Clc1ccccn1.[N-]=C=S.[N-]=C=S.[Zn+2]. The average Bonchev–Trinajstić information content (AvgIpc) is 2.43. The van der Waals surface area contributed by atoms with Crippen molar-refractivity contribution in [3.8, 4) is 0 Å². The first-order valence-corrected chi connectivity index (χ1v) is 6.35. The molecule has 0 aromatic carbocycles. The smallest absolute Gasteiger partial charge is 0.753 e. The standard InChI is InChI=1S/2C5H4ClN.2CNS.Zn/c2*6-5-3-1-2-4-7-5;2*2-1-3;/h2*1-4H;;;/q;;2*-1;+2. The van der Waals surface area contributed by atoms with Crippen LogP contribution in [0, 0.1) is 0 Å². The fourth-order valence-electron chi connectivity index (χ4n) is 0.684. The molecule has 0 spiro atoms. The van der Waals surface area contributed by atoms with E-state index in [1.54, 1.807) is 24.5 Å². The van der Waals surface area contributed by atoms with Crippen LogP contribution in [0.5, 0.6) is 0 Å². The monoisotopic (exact) mass is 406 g/mol. The summed E-state index contributed by atoms with van der Waals surface area (Å²) in [7, 11) is 0. The van der Waals surface area contributed by atoms with Crippen LogP contribution in [0.25, 0.3) is 10.8 Å². The molecule has 9 heteroatoms. The molecule has 0 aliphatic carbocycles. The minimum Gasteiger partial charge on any atom is -0.753 e. The number of hydrogen-bond acceptors (Lipinski definition) is 4. The van der Waals surface area contributed by atoms with Crippen molar-refractivity contribution in [2.45, 2.75) is 0 Å². The number of thiocarbonyl (C=S) groups is 2. The molecular weight excluding hydrogens is 401 g/mol. The van der Waals surface area contributed by atoms with Crippen LogP contribution >= 0.6 is 47.6 Å². The molecule has 21 heavy (non-hydrogen) atoms. The zero-order chi connectivity index (χ0) is 15.6. The Labute approximate surface area is 156 Å². The number of isothiocyanates is 2. The molecule has 2 aromatic rings. The van der Waals surface area contributed by atoms with Crippen molar-refractivity contribution in [1.29, 1.82) is 0 Å². The van der Waals surface area contributed by atoms with E-state index >= 15 is 0 Å². The summed E-state index contributed by atoms with van der Waals surface area (Å²) in [6.07, 6.45) is 3.31. The van der Waals surface area contributed by atoms with Gasteiger partial charge in [0, 0.05) is 12.4 Å². The summed E-state index contributed by atoms with van der Waals surface area (Å²) in [6, 6.07) is 10.8. The van der Waals surface area contributed by atoms with Gasteiger partial charge in [-0.2, -0.15) is 10.3 Å². The Morgan fingerprint density at radius 1 is 0.810 bits per heavy atom. The van der Waals surface area contributed by atoms with Gasteiger partial charge in [0.15, 0.2) is 0 Å². The third kappa shape index (κ3) is 24.5. The van der Waals surface area contributed by atoms with E-state index in [1.165, 1.54) is 10.3 Å². The van der Waals surface area contributed by atoms with Gasteiger partial charge in [0.2, 0.25) is 0 Å². The number of hydrogen-bond donors (Lipinski definition) is 0. The van der Waals surface area contributed by atoms with Crippen molar-refractivity contribution in [3.05, 3.63) is 69.9 Å². The maximum Gasteiger partial charge on any atom is 2.00 e. The van der Waals surface area contributed by atoms with Crippen molar-refractivity contribution < 1.29 is 19.5 Å². The normalized spacial score (nSPS) is 6.57. The molecule has 0 radical (unpaired) electrons. The summed E-state index contributed by atoms with van der Waals surface area (Å²) < 4.78 is 0. The number of nitrogens with zero attached hydrogens (tertiary/aromatic N) is 4. The molecule has 0 saturated carbocycles. The number of pyridine rings is 2. The van der Waals surface area contributed by atoms with Crippen LogP contribution in [0.15, 0.2) is 48.8 Å². The second kappa shape index (κ2) is 21.4. The predicted molar refractivity (Wildman–Crippen MR) is 90.4 cm³/mol. The van der Waals surface area contributed by atoms with E-state index < -0.39 is 0 Å². The Morgan fingerprint density at radius 2 is 1.10 bits per heavy atom. The Balaban J connectivity index is -0.000000220. The molecule has 0 amide bonds. The Morgan fingerprint density at radius 3 is 1.19 bits per heavy atom. The average molecular weight is 409 g/mol. The molecule has 2 rings (SSSR count). The summed E-state index contributed by atoms with van der Waals surface area (Å²) in [5, 5.41) is 18.0. The molecule has 2 heterocycles. The Kier molecular flexibility index (Phi) is 25.6. The van der Waals surface area contributed by atoms with E-state index in [2.05, 4.69) is 34.4 Å². The molecule has 0 unspecified atom stereocenters. The number of rotatable bonds is 0. The summed E-state index contributed by atoms with van der Waals surface area (Å²) in [6.45, 7) is 0. The molecule has 0 aliphatic heterocycles. The molecule has 0 bridgehead atoms. The molecule has 2 aromatic heterocycles. The number of aromatic nitrogens is 2. The maximum absolute atomic E-state index is 7.13. The fourth-order valence-corrected chi connectivity index (χ4v) is 0.942. The van der Waals surface area contributed by atoms with Gasteiger partial charge in [0.05, 0.1) is 0 Å². The molecule has 0 N–H and O–H groups in total. The van der Waals surface area contributed by atoms with E-state index in [0.29, 0.717) is 10.3 Å². The molecular formula is C12H8Cl2N4S2Zn. The minimum absolute atomic E-state index is 0. The quantitative estimate of drug-likeness (QED) is 0.272. The van der Waals surface area contributed by atoms with Crippen molar-refractivity contribution in [3.63, 3.8) is 0 Å². The van der Waals surface area contributed by atoms with Gasteiger partial charge in [-0.3, -0.25) is 0 Å². The van der Waals surface area contributed by atoms with Gasteiger partial charge < -0.3 is 10.8 Å². The van der Waals surface area contributed by atoms with E-state index in [-0.39, 0.29) is 19.5 Å². The van der Waals surface area contributed by atoms with Gasteiger partial charge in [-0.05, 0) is 24.3 Å². The van der Waals surface area contributed by atoms with Gasteiger partial charge in [0.1, 0.15) is 10.3 Å². The first kappa shape index (κ1) is 25.1. The van der Waals surface area contributed by atoms with Crippen LogP contribution in [-0.2, 0) is 19.5 Å². The number of halogens is 2. The second-order valence-corrected chi connectivity index (χ2v) is 3.63. The van der Waals surface area contributed by atoms with Crippen LogP contribution in [0.4, 0.5) is 0 Å². The van der Waals surface area contributed by atoms with Gasteiger partial charge in [-0.1, -0.05) is 59.8 Å². The fraction of sp³-hybridized carbons (Fsp3) is 0. The first-order chi connectivity index (χ1) is 9.62. The van der Waals surface area contributed by atoms with E-state index in [9.17, 15) is 0 Å². The summed E-state index contributed by atoms with van der Waals surface area (Å²) in [4.78, 5) is 7.49. The zero-order valence-corrected chi connectivity index (χ0v) is 16.8. The molecule has 0 saturated heterocycles. The van der Waals surface area contributed by atoms with Gasteiger partial charge >= 0.3 is 19.5 Å². The van der Waals surface area contributed by atoms with Crippen molar-refractivity contribution in [2.24, 2.45) is 0 Å². The van der Waals surface area contributed by atoms with E-state index in [0.717, 1.165) is 0 Å². The van der Waals surface area contributed by atoms with Gasteiger partial charge in [-0.15, -0.1) is 0 Å². The predicted octanol–water partition coefficient (Wildman–Crippen LogP) is 4.78. The van der Waals surface area contributed by atoms with Crippen LogP contribution in [0.1, 0.15) is 0 Å². The summed E-state index contributed by atoms with van der Waals surface area (Å²) in [5.41, 5.74) is 0. The summed E-state index contributed by atoms with van der Waals surface area (Å²) >= 11 is 18.3. The molecule has 0 atom stereocenters. The van der Waals surface area contributed by atoms with Crippen LogP contribution in [-0.4, -0.2) is 20.3 Å². The first-order valence-electron chi connectivity index (χ1n) is 4.77. The Hall–Kier alpha value is -0.897. The molecule has 0 aliphatic rings. The van der Waals surface area contributed by atoms with Crippen LogP contribution in [0.3, 0.4) is 0 Å². The Bertz CT molecular complexity index is 468. The maximum atomic E-state index is 7.13. The van der Waals surface area contributed by atoms with Gasteiger partial charge in [0.25, 0.3) is 0 Å². The third-order valence-corrected chi connectivity index (χ3v) is 1.70. The van der Waals surface area contributed by atoms with Crippen molar-refractivity contribution in [1.82, 2.24) is 9.97 Å². The van der Waals surface area contributed by atoms with Gasteiger partial charge in [-0.25, -0.2) is 9.97 Å². The topological polar surface area (TPSA) is 70.4 Å². The van der Waals surface area contributed by atoms with Crippen molar-refractivity contribution >= 4 is 58.0 Å². The zero-order valence-electron chi connectivity index (χ0n) is 10.7. The second-order valence-electron chi connectivity index (χ2n) is 2.49. The largest absolute Gasteiger partial charge is 2.00 e. The van der Waals surface area contributed by atoms with E-state index in [1.807, 2.05) is 24.3 Å². The van der Waals surface area contributed by atoms with Crippen molar-refractivity contribution in [2.75, 3.05) is 0 Å². The molecule has 0 fully saturated rings. The third-order valence-electron chi connectivity index (χ3n) is 1.26. The van der Waals surface area contributed by atoms with Crippen LogP contribution in [0.2, 0.25) is 10.3 Å². The molecule has 104 valence electrons. The van der Waals surface area contributed by atoms with E-state index in [4.69, 9.17) is 34.0 Å².